The summed E-state index contributed by atoms with van der Waals surface area (Å²) in [5.41, 5.74) is 2.18. The van der Waals surface area contributed by atoms with Crippen LogP contribution in [-0.4, -0.2) is 70.5 Å². The number of ether oxygens (including phenoxy) is 2. The van der Waals surface area contributed by atoms with Crippen molar-refractivity contribution in [2.45, 2.75) is 62.1 Å². The molecule has 1 saturated carbocycles. The summed E-state index contributed by atoms with van der Waals surface area (Å²) < 4.78 is 101. The van der Waals surface area contributed by atoms with E-state index in [2.05, 4.69) is 20.3 Å². The Balaban J connectivity index is 1.38. The number of methoxy groups -OCH3 is 1. The molecule has 4 heterocycles. The number of hydrogen-bond acceptors (Lipinski definition) is 9. The Kier molecular flexibility index (Phi) is 7.05. The number of halogens is 6. The highest BCUT2D eigenvalue weighted by Gasteiger charge is 2.49. The van der Waals surface area contributed by atoms with E-state index >= 15 is 4.39 Å². The molecule has 2 aromatic carbocycles. The number of aromatic nitrogens is 3. The molecule has 7 rings (SSSR count). The number of nitrogens with zero attached hydrogens (tertiary/aromatic N) is 4. The van der Waals surface area contributed by atoms with Crippen molar-refractivity contribution in [3.05, 3.63) is 35.4 Å². The lowest BCUT2D eigenvalue weighted by Crippen LogP contribution is -2.43. The minimum absolute atomic E-state index is 0.0275. The van der Waals surface area contributed by atoms with Crippen LogP contribution in [0.3, 0.4) is 0 Å². The molecule has 2 saturated heterocycles. The molecule has 2 atom stereocenters. The van der Waals surface area contributed by atoms with Crippen molar-refractivity contribution in [3.63, 3.8) is 0 Å². The Labute approximate surface area is 251 Å². The van der Waals surface area contributed by atoms with Gasteiger partial charge in [0.15, 0.2) is 10.9 Å². The van der Waals surface area contributed by atoms with Gasteiger partial charge >= 0.3 is 12.2 Å². The van der Waals surface area contributed by atoms with Crippen LogP contribution in [0, 0.1) is 11.6 Å². The van der Waals surface area contributed by atoms with Crippen LogP contribution in [0.1, 0.15) is 37.7 Å². The zero-order valence-electron chi connectivity index (χ0n) is 23.5. The fourth-order valence-electron chi connectivity index (χ4n) is 6.78. The summed E-state index contributed by atoms with van der Waals surface area (Å²) in [6.45, 7) is 1.06. The van der Waals surface area contributed by atoms with Gasteiger partial charge in [-0.3, -0.25) is 4.90 Å². The second-order valence-corrected chi connectivity index (χ2v) is 12.8. The van der Waals surface area contributed by atoms with Gasteiger partial charge in [-0.25, -0.2) is 18.2 Å². The molecule has 0 radical (unpaired) electrons. The summed E-state index contributed by atoms with van der Waals surface area (Å²) in [5, 5.41) is 2.84. The Morgan fingerprint density at radius 3 is 2.70 bits per heavy atom. The lowest BCUT2D eigenvalue weighted by Gasteiger charge is -2.35. The van der Waals surface area contributed by atoms with Gasteiger partial charge in [0, 0.05) is 42.6 Å². The largest absolute Gasteiger partial charge is 0.461 e. The second kappa shape index (κ2) is 10.6. The molecule has 0 bridgehead atoms. The molecule has 4 aromatic rings. The van der Waals surface area contributed by atoms with Crippen molar-refractivity contribution in [2.75, 3.05) is 37.9 Å². The third kappa shape index (κ3) is 4.88. The Bertz CT molecular complexity index is 1760. The first kappa shape index (κ1) is 29.3. The molecule has 3 fully saturated rings. The molecule has 0 spiro atoms. The van der Waals surface area contributed by atoms with E-state index in [1.54, 1.807) is 7.11 Å². The fraction of sp³-hybridized carbons (Fsp3) is 0.483. The number of nitrogens with one attached hydrogen (secondary N) is 1. The van der Waals surface area contributed by atoms with E-state index in [9.17, 15) is 22.0 Å². The van der Waals surface area contributed by atoms with Crippen LogP contribution in [0.5, 0.6) is 6.01 Å². The number of alkyl halides is 4. The summed E-state index contributed by atoms with van der Waals surface area (Å²) in [6.07, 6.45) is -3.05. The normalized spacial score (nSPS) is 25.5. The monoisotopic (exact) mass is 638 g/mol. The summed E-state index contributed by atoms with van der Waals surface area (Å²) in [4.78, 5) is 14.7. The zero-order chi connectivity index (χ0) is 31.0. The maximum Gasteiger partial charge on any atom is 0.417 e. The van der Waals surface area contributed by atoms with E-state index < -0.39 is 46.2 Å². The second-order valence-electron chi connectivity index (χ2n) is 11.7. The van der Waals surface area contributed by atoms with E-state index in [0.717, 1.165) is 42.5 Å². The Hall–Kier alpha value is -3.43. The van der Waals surface area contributed by atoms with Gasteiger partial charge in [-0.1, -0.05) is 11.3 Å². The number of benzene rings is 2. The molecule has 3 N–H and O–H groups in total. The average Bonchev–Trinajstić information content (AvgIpc) is 3.61. The van der Waals surface area contributed by atoms with Crippen molar-refractivity contribution in [3.8, 4) is 17.1 Å². The molecular weight excluding hydrogens is 610 g/mol. The van der Waals surface area contributed by atoms with Gasteiger partial charge < -0.3 is 20.5 Å². The molecule has 1 aliphatic carbocycles. The SMILES string of the molecule is COC1CC(Nc2nc(OC[C@@]34CCCN3C[C@H](F)C4)nc3c(F)c(-c4ccc(F)c5sc(N)nc45)c(C(F)(F)F)cc23)C1. The number of anilines is 2. The molecule has 2 aliphatic heterocycles. The molecule has 2 aromatic heterocycles. The molecular formula is C29H28F6N6O2S. The van der Waals surface area contributed by atoms with Crippen LogP contribution in [-0.2, 0) is 10.9 Å². The molecule has 15 heteroatoms. The van der Waals surface area contributed by atoms with Crippen LogP contribution < -0.4 is 15.8 Å². The molecule has 234 valence electrons. The summed E-state index contributed by atoms with van der Waals surface area (Å²) >= 11 is 0.750. The predicted octanol–water partition coefficient (Wildman–Crippen LogP) is 6.33. The van der Waals surface area contributed by atoms with Crippen molar-refractivity contribution >= 4 is 43.4 Å². The van der Waals surface area contributed by atoms with Crippen LogP contribution >= 0.6 is 11.3 Å². The Morgan fingerprint density at radius 1 is 1.16 bits per heavy atom. The van der Waals surface area contributed by atoms with Gasteiger partial charge in [0.05, 0.1) is 27.4 Å². The van der Waals surface area contributed by atoms with E-state index in [0.29, 0.717) is 25.8 Å². The van der Waals surface area contributed by atoms with Crippen molar-refractivity contribution in [1.82, 2.24) is 19.9 Å². The van der Waals surface area contributed by atoms with Crippen LogP contribution in [0.15, 0.2) is 18.2 Å². The predicted molar refractivity (Wildman–Crippen MR) is 153 cm³/mol. The summed E-state index contributed by atoms with van der Waals surface area (Å²) in [7, 11) is 1.57. The van der Waals surface area contributed by atoms with E-state index in [4.69, 9.17) is 15.2 Å². The summed E-state index contributed by atoms with van der Waals surface area (Å²) in [6, 6.07) is 2.35. The maximum atomic E-state index is 16.6. The molecule has 3 aliphatic rings. The van der Waals surface area contributed by atoms with Gasteiger partial charge in [-0.2, -0.15) is 23.1 Å². The van der Waals surface area contributed by atoms with E-state index in [-0.39, 0.29) is 63.3 Å². The van der Waals surface area contributed by atoms with E-state index in [1.807, 2.05) is 4.90 Å². The third-order valence-electron chi connectivity index (χ3n) is 9.00. The number of rotatable bonds is 7. The topological polar surface area (TPSA) is 98.4 Å². The lowest BCUT2D eigenvalue weighted by molar-refractivity contribution is -0.137. The van der Waals surface area contributed by atoms with E-state index in [1.165, 1.54) is 0 Å². The molecule has 8 nitrogen and oxygen atoms in total. The van der Waals surface area contributed by atoms with Crippen LogP contribution in [0.25, 0.3) is 32.2 Å². The maximum absolute atomic E-state index is 16.6. The first-order valence-corrected chi connectivity index (χ1v) is 15.0. The first-order chi connectivity index (χ1) is 21.0. The molecule has 44 heavy (non-hydrogen) atoms. The van der Waals surface area contributed by atoms with Gasteiger partial charge in [0.1, 0.15) is 29.9 Å². The number of nitrogen functional groups attached to an aromatic ring is 1. The minimum atomic E-state index is -5.01. The highest BCUT2D eigenvalue weighted by atomic mass is 32.1. The quantitative estimate of drug-likeness (QED) is 0.227. The van der Waals surface area contributed by atoms with Gasteiger partial charge in [-0.15, -0.1) is 0 Å². The number of fused-ring (bicyclic) bond motifs is 3. The highest BCUT2D eigenvalue weighted by Crippen LogP contribution is 2.46. The van der Waals surface area contributed by atoms with Gasteiger partial charge in [-0.05, 0) is 50.4 Å². The first-order valence-electron chi connectivity index (χ1n) is 14.2. The van der Waals surface area contributed by atoms with Gasteiger partial charge in [0.2, 0.25) is 0 Å². The van der Waals surface area contributed by atoms with Crippen molar-refractivity contribution < 1.29 is 35.8 Å². The Morgan fingerprint density at radius 2 is 1.95 bits per heavy atom. The fourth-order valence-corrected chi connectivity index (χ4v) is 7.54. The standard InChI is InChI=1S/C29H28F6N6O2S/c1-42-15-7-14(8-15)37-25-17-9-18(29(33,34)35)20(16-3-4-19(31)24-23(16)38-26(36)44-24)21(32)22(17)39-27(40-25)43-12-28-5-2-6-41(28)11-13(30)10-28/h3-4,9,13-15H,2,5-8,10-12H2,1H3,(H2,36,38)(H,37,39,40)/t13-,14?,15?,28+/m1/s1. The number of nitrogens with two attached hydrogens (primary N) is 1. The lowest BCUT2D eigenvalue weighted by atomic mass is 9.89. The minimum Gasteiger partial charge on any atom is -0.461 e. The molecule has 0 unspecified atom stereocenters. The van der Waals surface area contributed by atoms with Crippen LogP contribution in [0.2, 0.25) is 0 Å². The summed E-state index contributed by atoms with van der Waals surface area (Å²) in [5.74, 6) is -2.06. The number of thiazole rings is 1. The third-order valence-corrected chi connectivity index (χ3v) is 9.89. The van der Waals surface area contributed by atoms with Crippen molar-refractivity contribution in [1.29, 1.82) is 0 Å². The van der Waals surface area contributed by atoms with Crippen LogP contribution in [0.4, 0.5) is 37.3 Å². The smallest absolute Gasteiger partial charge is 0.417 e. The average molecular weight is 639 g/mol. The molecule has 0 amide bonds. The zero-order valence-corrected chi connectivity index (χ0v) is 24.3. The van der Waals surface area contributed by atoms with Crippen molar-refractivity contribution in [2.24, 2.45) is 0 Å². The van der Waals surface area contributed by atoms with Gasteiger partial charge in [0.25, 0.3) is 0 Å². The highest BCUT2D eigenvalue weighted by molar-refractivity contribution is 7.22. The number of hydrogen-bond donors (Lipinski definition) is 2.